The van der Waals surface area contributed by atoms with Crippen LogP contribution in [0.15, 0.2) is 40.4 Å². The molecule has 0 aromatic heterocycles. The van der Waals surface area contributed by atoms with Crippen molar-refractivity contribution in [1.82, 2.24) is 5.01 Å². The van der Waals surface area contributed by atoms with Crippen LogP contribution in [-0.2, 0) is 11.6 Å². The Hall–Kier alpha value is -1.34. The summed E-state index contributed by atoms with van der Waals surface area (Å²) in [4.78, 5) is 4.44. The van der Waals surface area contributed by atoms with Gasteiger partial charge in [0.2, 0.25) is 0 Å². The van der Waals surface area contributed by atoms with E-state index < -0.39 is 17.2 Å². The first-order valence-corrected chi connectivity index (χ1v) is 8.18. The molecule has 124 valence electrons. The van der Waals surface area contributed by atoms with Gasteiger partial charge in [-0.25, -0.2) is 10.8 Å². The van der Waals surface area contributed by atoms with Gasteiger partial charge in [0, 0.05) is 6.04 Å². The summed E-state index contributed by atoms with van der Waals surface area (Å²) in [6.07, 6.45) is -0.857. The molecule has 0 atom stereocenters. The summed E-state index contributed by atoms with van der Waals surface area (Å²) in [5.41, 5.74) is -0.258. The Labute approximate surface area is 141 Å². The predicted octanol–water partition coefficient (Wildman–Crippen LogP) is 4.34. The highest BCUT2D eigenvalue weighted by Gasteiger charge is 2.50. The molecule has 0 unspecified atom stereocenters. The molecule has 2 aliphatic heterocycles. The SMILES string of the molecule is C=C(Br)N=C1N(N)C2CCC1(c1ccc(C(F)(F)F)cc1)CC2. The molecule has 2 heterocycles. The second-order valence-corrected chi connectivity index (χ2v) is 7.02. The fourth-order valence-electron chi connectivity index (χ4n) is 3.69. The molecule has 2 N–H and O–H groups in total. The second-order valence-electron chi connectivity index (χ2n) is 6.11. The predicted molar refractivity (Wildman–Crippen MR) is 86.9 cm³/mol. The van der Waals surface area contributed by atoms with Crippen LogP contribution in [0.3, 0.4) is 0 Å². The molecule has 1 saturated carbocycles. The van der Waals surface area contributed by atoms with Crippen molar-refractivity contribution in [2.45, 2.75) is 43.3 Å². The highest BCUT2D eigenvalue weighted by atomic mass is 79.9. The van der Waals surface area contributed by atoms with Crippen LogP contribution in [-0.4, -0.2) is 16.9 Å². The van der Waals surface area contributed by atoms with Crippen molar-refractivity contribution in [3.8, 4) is 0 Å². The fourth-order valence-corrected chi connectivity index (χ4v) is 3.86. The van der Waals surface area contributed by atoms with Crippen molar-refractivity contribution in [3.63, 3.8) is 0 Å². The summed E-state index contributed by atoms with van der Waals surface area (Å²) < 4.78 is 38.8. The van der Waals surface area contributed by atoms with Gasteiger partial charge in [-0.15, -0.1) is 0 Å². The molecule has 1 aromatic rings. The highest BCUT2D eigenvalue weighted by Crippen LogP contribution is 2.48. The lowest BCUT2D eigenvalue weighted by atomic mass is 9.63. The van der Waals surface area contributed by atoms with E-state index in [1.54, 1.807) is 17.1 Å². The molecular weight excluding hydrogens is 371 g/mol. The van der Waals surface area contributed by atoms with Crippen molar-refractivity contribution in [2.24, 2.45) is 10.8 Å². The second kappa shape index (κ2) is 5.63. The first-order valence-electron chi connectivity index (χ1n) is 7.39. The third-order valence-corrected chi connectivity index (χ3v) is 5.04. The fraction of sp³-hybridized carbons (Fsp3) is 0.438. The summed E-state index contributed by atoms with van der Waals surface area (Å²) in [6, 6.07) is 5.60. The number of amidine groups is 1. The van der Waals surface area contributed by atoms with Gasteiger partial charge >= 0.3 is 6.18 Å². The van der Waals surface area contributed by atoms with Gasteiger partial charge < -0.3 is 0 Å². The van der Waals surface area contributed by atoms with Crippen LogP contribution >= 0.6 is 15.9 Å². The van der Waals surface area contributed by atoms with Crippen LogP contribution < -0.4 is 5.84 Å². The number of hydrogen-bond donors (Lipinski definition) is 1. The summed E-state index contributed by atoms with van der Waals surface area (Å²) >= 11 is 3.23. The average Bonchev–Trinajstić information content (AvgIpc) is 2.50. The number of halogens is 4. The van der Waals surface area contributed by atoms with Gasteiger partial charge in [-0.3, -0.25) is 5.01 Å². The number of hydrazine groups is 1. The zero-order valence-corrected chi connectivity index (χ0v) is 14.0. The Morgan fingerprint density at radius 1 is 1.26 bits per heavy atom. The third-order valence-electron chi connectivity index (χ3n) is 4.87. The van der Waals surface area contributed by atoms with E-state index >= 15 is 0 Å². The number of alkyl halides is 3. The first kappa shape index (κ1) is 16.5. The minimum Gasteiger partial charge on any atom is -0.294 e. The van der Waals surface area contributed by atoms with E-state index in [4.69, 9.17) is 5.84 Å². The lowest BCUT2D eigenvalue weighted by molar-refractivity contribution is -0.137. The summed E-state index contributed by atoms with van der Waals surface area (Å²) in [5, 5.41) is 1.66. The molecule has 0 amide bonds. The monoisotopic (exact) mass is 387 g/mol. The lowest BCUT2D eigenvalue weighted by Gasteiger charge is -2.52. The molecular formula is C16H17BrF3N3. The van der Waals surface area contributed by atoms with Crippen molar-refractivity contribution >= 4 is 21.8 Å². The molecule has 3 nitrogen and oxygen atoms in total. The van der Waals surface area contributed by atoms with Crippen LogP contribution in [0.1, 0.15) is 36.8 Å². The quantitative estimate of drug-likeness (QED) is 0.605. The van der Waals surface area contributed by atoms with E-state index in [0.29, 0.717) is 10.4 Å². The van der Waals surface area contributed by atoms with Gasteiger partial charge in [0.15, 0.2) is 0 Å². The van der Waals surface area contributed by atoms with Gasteiger partial charge in [-0.2, -0.15) is 13.2 Å². The Morgan fingerprint density at radius 2 is 1.83 bits per heavy atom. The molecule has 3 aliphatic rings. The molecule has 23 heavy (non-hydrogen) atoms. The van der Waals surface area contributed by atoms with E-state index in [-0.39, 0.29) is 6.04 Å². The third kappa shape index (κ3) is 2.80. The van der Waals surface area contributed by atoms with Crippen molar-refractivity contribution in [2.75, 3.05) is 0 Å². The maximum atomic E-state index is 12.8. The van der Waals surface area contributed by atoms with E-state index in [9.17, 15) is 13.2 Å². The molecule has 1 aliphatic carbocycles. The number of nitrogens with two attached hydrogens (primary N) is 1. The van der Waals surface area contributed by atoms with E-state index in [1.165, 1.54) is 0 Å². The number of aliphatic imine (C=N–C) groups is 1. The largest absolute Gasteiger partial charge is 0.416 e. The van der Waals surface area contributed by atoms with Crippen molar-refractivity contribution < 1.29 is 13.2 Å². The zero-order chi connectivity index (χ0) is 16.8. The van der Waals surface area contributed by atoms with Crippen molar-refractivity contribution in [3.05, 3.63) is 46.6 Å². The zero-order valence-electron chi connectivity index (χ0n) is 12.4. The molecule has 0 spiro atoms. The Kier molecular flexibility index (Phi) is 4.04. The van der Waals surface area contributed by atoms with Crippen LogP contribution in [0.2, 0.25) is 0 Å². The van der Waals surface area contributed by atoms with Gasteiger partial charge in [-0.1, -0.05) is 18.7 Å². The van der Waals surface area contributed by atoms with Gasteiger partial charge in [0.25, 0.3) is 0 Å². The standard InChI is InChI=1S/C16H17BrF3N3/c1-10(17)22-14-15(8-6-13(7-9-15)23(14)21)11-2-4-12(5-3-11)16(18,19)20/h2-5,13H,1,6-9,21H2. The number of hydrogen-bond acceptors (Lipinski definition) is 2. The van der Waals surface area contributed by atoms with Crippen LogP contribution in [0.25, 0.3) is 0 Å². The number of rotatable bonds is 2. The van der Waals surface area contributed by atoms with Crippen molar-refractivity contribution in [1.29, 1.82) is 0 Å². The molecule has 4 rings (SSSR count). The smallest absolute Gasteiger partial charge is 0.294 e. The number of benzene rings is 1. The van der Waals surface area contributed by atoms with E-state index in [2.05, 4.69) is 27.5 Å². The van der Waals surface area contributed by atoms with Crippen LogP contribution in [0, 0.1) is 0 Å². The Balaban J connectivity index is 2.05. The molecule has 2 bridgehead atoms. The van der Waals surface area contributed by atoms with Gasteiger partial charge in [-0.05, 0) is 59.3 Å². The molecule has 7 heteroatoms. The minimum absolute atomic E-state index is 0.233. The van der Waals surface area contributed by atoms with E-state index in [0.717, 1.165) is 43.4 Å². The summed E-state index contributed by atoms with van der Waals surface area (Å²) in [5.74, 6) is 6.88. The van der Waals surface area contributed by atoms with E-state index in [1.807, 2.05) is 0 Å². The Bertz CT molecular complexity index is 644. The van der Waals surface area contributed by atoms with Crippen LogP contribution in [0.5, 0.6) is 0 Å². The number of nitrogens with zero attached hydrogens (tertiary/aromatic N) is 2. The number of fused-ring (bicyclic) bond motifs is 3. The average molecular weight is 388 g/mol. The van der Waals surface area contributed by atoms with Crippen LogP contribution in [0.4, 0.5) is 13.2 Å². The Morgan fingerprint density at radius 3 is 2.30 bits per heavy atom. The minimum atomic E-state index is -4.33. The molecule has 0 radical (unpaired) electrons. The van der Waals surface area contributed by atoms with Gasteiger partial charge in [0.05, 0.1) is 11.0 Å². The summed E-state index contributed by atoms with van der Waals surface area (Å²) in [7, 11) is 0. The molecule has 3 fully saturated rings. The van der Waals surface area contributed by atoms with Gasteiger partial charge in [0.1, 0.15) is 10.4 Å². The maximum Gasteiger partial charge on any atom is 0.416 e. The number of piperidine rings is 2. The first-order chi connectivity index (χ1) is 10.7. The normalized spacial score (nSPS) is 29.2. The molecule has 2 saturated heterocycles. The molecule has 1 aromatic carbocycles. The summed E-state index contributed by atoms with van der Waals surface area (Å²) in [6.45, 7) is 3.74. The topological polar surface area (TPSA) is 41.6 Å². The highest BCUT2D eigenvalue weighted by molar-refractivity contribution is 9.11. The maximum absolute atomic E-state index is 12.8. The lowest BCUT2D eigenvalue weighted by Crippen LogP contribution is -2.63.